The van der Waals surface area contributed by atoms with Crippen molar-refractivity contribution in [3.63, 3.8) is 0 Å². The van der Waals surface area contributed by atoms with Crippen LogP contribution in [-0.4, -0.2) is 46.6 Å². The summed E-state index contributed by atoms with van der Waals surface area (Å²) in [5.74, 6) is -1.54. The van der Waals surface area contributed by atoms with Crippen LogP contribution in [-0.2, 0) is 14.8 Å². The summed E-state index contributed by atoms with van der Waals surface area (Å²) < 4.78 is 41.4. The van der Waals surface area contributed by atoms with Crippen LogP contribution in [0, 0.1) is 0 Å². The summed E-state index contributed by atoms with van der Waals surface area (Å²) in [7, 11) is -0.493. The third-order valence-electron chi connectivity index (χ3n) is 3.28. The van der Waals surface area contributed by atoms with Crippen LogP contribution in [0.15, 0.2) is 41.3 Å². The van der Waals surface area contributed by atoms with Gasteiger partial charge in [-0.15, -0.1) is 0 Å². The molecule has 1 amide bonds. The lowest BCUT2D eigenvalue weighted by atomic mass is 10.2. The fraction of sp³-hybridized carbons (Fsp3) is 0.188. The maximum atomic E-state index is 12.5. The van der Waals surface area contributed by atoms with E-state index in [-0.39, 0.29) is 27.8 Å². The Balaban J connectivity index is 2.36. The molecule has 0 saturated heterocycles. The van der Waals surface area contributed by atoms with E-state index in [1.807, 2.05) is 4.72 Å². The van der Waals surface area contributed by atoms with Crippen LogP contribution >= 0.6 is 0 Å². The van der Waals surface area contributed by atoms with Crippen LogP contribution in [0.25, 0.3) is 0 Å². The molecule has 0 radical (unpaired) electrons. The first-order valence-corrected chi connectivity index (χ1v) is 8.66. The number of carbonyl (C=O) groups excluding carboxylic acids is 2. The fourth-order valence-electron chi connectivity index (χ4n) is 2.06. The maximum Gasteiger partial charge on any atom is 0.339 e. The summed E-state index contributed by atoms with van der Waals surface area (Å²) in [6.45, 7) is 0. The van der Waals surface area contributed by atoms with Crippen LogP contribution in [0.4, 0.5) is 0 Å². The van der Waals surface area contributed by atoms with E-state index in [1.165, 1.54) is 50.6 Å². The van der Waals surface area contributed by atoms with Crippen LogP contribution < -0.4 is 14.2 Å². The summed E-state index contributed by atoms with van der Waals surface area (Å²) in [6.07, 6.45) is 0. The van der Waals surface area contributed by atoms with Gasteiger partial charge < -0.3 is 14.2 Å². The van der Waals surface area contributed by atoms with Crippen molar-refractivity contribution < 1.29 is 32.2 Å². The van der Waals surface area contributed by atoms with E-state index >= 15 is 0 Å². The number of sulfonamides is 1. The number of hydrogen-bond acceptors (Lipinski definition) is 8. The molecule has 10 heteroatoms. The Kier molecular flexibility index (Phi) is 5.78. The molecule has 1 aromatic heterocycles. The van der Waals surface area contributed by atoms with Crippen LogP contribution in [0.5, 0.6) is 11.6 Å². The molecule has 0 bridgehead atoms. The van der Waals surface area contributed by atoms with Gasteiger partial charge in [0.2, 0.25) is 0 Å². The van der Waals surface area contributed by atoms with Crippen molar-refractivity contribution in [1.29, 1.82) is 0 Å². The topological polar surface area (TPSA) is 121 Å². The number of rotatable bonds is 6. The lowest BCUT2D eigenvalue weighted by Gasteiger charge is -2.11. The zero-order valence-corrected chi connectivity index (χ0v) is 15.0. The van der Waals surface area contributed by atoms with E-state index in [2.05, 4.69) is 9.72 Å². The Labute approximate surface area is 150 Å². The average Bonchev–Trinajstić information content (AvgIpc) is 2.66. The zero-order chi connectivity index (χ0) is 19.3. The van der Waals surface area contributed by atoms with E-state index in [0.717, 1.165) is 7.11 Å². The molecule has 1 aromatic carbocycles. The third-order valence-corrected chi connectivity index (χ3v) is 4.67. The average molecular weight is 380 g/mol. The summed E-state index contributed by atoms with van der Waals surface area (Å²) in [6, 6.07) is 8.04. The van der Waals surface area contributed by atoms with E-state index < -0.39 is 21.9 Å². The molecule has 2 aromatic rings. The second-order valence-electron chi connectivity index (χ2n) is 4.83. The molecule has 0 aliphatic heterocycles. The first-order chi connectivity index (χ1) is 12.3. The molecular weight excluding hydrogens is 364 g/mol. The molecule has 0 aliphatic carbocycles. The highest BCUT2D eigenvalue weighted by Crippen LogP contribution is 2.24. The molecular formula is C16H16N2O7S. The van der Waals surface area contributed by atoms with Gasteiger partial charge in [0, 0.05) is 0 Å². The highest BCUT2D eigenvalue weighted by atomic mass is 32.2. The Morgan fingerprint density at radius 2 is 1.69 bits per heavy atom. The summed E-state index contributed by atoms with van der Waals surface area (Å²) in [5.41, 5.74) is -0.405. The van der Waals surface area contributed by atoms with Gasteiger partial charge in [-0.25, -0.2) is 22.9 Å². The number of aromatic nitrogens is 1. The van der Waals surface area contributed by atoms with E-state index in [9.17, 15) is 18.0 Å². The van der Waals surface area contributed by atoms with Gasteiger partial charge in [-0.1, -0.05) is 12.1 Å². The van der Waals surface area contributed by atoms with Gasteiger partial charge in [0.05, 0.1) is 26.9 Å². The molecule has 0 aliphatic rings. The molecule has 0 atom stereocenters. The molecule has 1 heterocycles. The Morgan fingerprint density at radius 3 is 2.31 bits per heavy atom. The van der Waals surface area contributed by atoms with Crippen molar-refractivity contribution >= 4 is 21.9 Å². The summed E-state index contributed by atoms with van der Waals surface area (Å²) in [4.78, 5) is 27.5. The number of pyridine rings is 1. The van der Waals surface area contributed by atoms with Gasteiger partial charge in [-0.2, -0.15) is 0 Å². The predicted octanol–water partition coefficient (Wildman–Crippen LogP) is 1.00. The largest absolute Gasteiger partial charge is 0.491 e. The van der Waals surface area contributed by atoms with Crippen molar-refractivity contribution in [1.82, 2.24) is 9.71 Å². The van der Waals surface area contributed by atoms with Gasteiger partial charge >= 0.3 is 5.97 Å². The number of benzene rings is 1. The van der Waals surface area contributed by atoms with Gasteiger partial charge in [0.1, 0.15) is 10.6 Å². The first kappa shape index (κ1) is 19.2. The molecule has 26 heavy (non-hydrogen) atoms. The number of amides is 1. The van der Waals surface area contributed by atoms with E-state index in [4.69, 9.17) is 9.47 Å². The molecule has 9 nitrogen and oxygen atoms in total. The predicted molar refractivity (Wildman–Crippen MR) is 89.8 cm³/mol. The molecule has 138 valence electrons. The molecule has 0 spiro atoms. The SMILES string of the molecule is COC(=O)c1ccccc1S(=O)(=O)NC(=O)c1ccc(OC)c(OC)n1. The number of nitrogens with one attached hydrogen (secondary N) is 1. The summed E-state index contributed by atoms with van der Waals surface area (Å²) in [5, 5.41) is 0. The second-order valence-corrected chi connectivity index (χ2v) is 6.48. The minimum absolute atomic E-state index is 0.0208. The molecule has 1 N–H and O–H groups in total. The van der Waals surface area contributed by atoms with Crippen molar-refractivity contribution in [2.75, 3.05) is 21.3 Å². The van der Waals surface area contributed by atoms with E-state index in [0.29, 0.717) is 0 Å². The molecule has 0 unspecified atom stereocenters. The number of methoxy groups -OCH3 is 3. The Morgan fingerprint density at radius 1 is 1.00 bits per heavy atom. The maximum absolute atomic E-state index is 12.5. The van der Waals surface area contributed by atoms with Crippen molar-refractivity contribution in [3.8, 4) is 11.6 Å². The zero-order valence-electron chi connectivity index (χ0n) is 14.2. The normalized spacial score (nSPS) is 10.7. The van der Waals surface area contributed by atoms with Gasteiger partial charge in [-0.05, 0) is 24.3 Å². The lowest BCUT2D eigenvalue weighted by molar-refractivity contribution is 0.0596. The minimum atomic E-state index is -4.34. The van der Waals surface area contributed by atoms with Gasteiger partial charge in [0.15, 0.2) is 5.75 Å². The lowest BCUT2D eigenvalue weighted by Crippen LogP contribution is -2.32. The highest BCUT2D eigenvalue weighted by Gasteiger charge is 2.26. The second kappa shape index (κ2) is 7.83. The smallest absolute Gasteiger partial charge is 0.339 e. The monoisotopic (exact) mass is 380 g/mol. The van der Waals surface area contributed by atoms with E-state index in [1.54, 1.807) is 0 Å². The Bertz CT molecular complexity index is 941. The number of ether oxygens (including phenoxy) is 3. The van der Waals surface area contributed by atoms with Gasteiger partial charge in [0.25, 0.3) is 21.8 Å². The third kappa shape index (κ3) is 3.91. The van der Waals surface area contributed by atoms with Crippen LogP contribution in [0.2, 0.25) is 0 Å². The fourth-order valence-corrected chi connectivity index (χ4v) is 3.22. The first-order valence-electron chi connectivity index (χ1n) is 7.17. The number of nitrogens with zero attached hydrogens (tertiary/aromatic N) is 1. The van der Waals surface area contributed by atoms with Gasteiger partial charge in [-0.3, -0.25) is 4.79 Å². The highest BCUT2D eigenvalue weighted by molar-refractivity contribution is 7.90. The quantitative estimate of drug-likeness (QED) is 0.737. The van der Waals surface area contributed by atoms with Crippen LogP contribution in [0.3, 0.4) is 0 Å². The number of hydrogen-bond donors (Lipinski definition) is 1. The molecule has 0 fully saturated rings. The van der Waals surface area contributed by atoms with Crippen LogP contribution in [0.1, 0.15) is 20.8 Å². The standard InChI is InChI=1S/C16H16N2O7S/c1-23-12-9-8-11(17-15(12)24-2)14(19)18-26(21,22)13-7-5-4-6-10(13)16(20)25-3/h4-9H,1-3H3,(H,18,19). The summed E-state index contributed by atoms with van der Waals surface area (Å²) >= 11 is 0. The van der Waals surface area contributed by atoms with Crippen molar-refractivity contribution in [2.24, 2.45) is 0 Å². The number of esters is 1. The van der Waals surface area contributed by atoms with Crippen molar-refractivity contribution in [3.05, 3.63) is 47.7 Å². The molecule has 0 saturated carbocycles. The minimum Gasteiger partial charge on any atom is -0.491 e. The number of carbonyl (C=O) groups is 2. The Hall–Kier alpha value is -3.14. The van der Waals surface area contributed by atoms with Crippen molar-refractivity contribution in [2.45, 2.75) is 4.90 Å². The molecule has 2 rings (SSSR count).